The number of anilines is 1. The second kappa shape index (κ2) is 5.27. The van der Waals surface area contributed by atoms with Crippen LogP contribution in [0.2, 0.25) is 0 Å². The summed E-state index contributed by atoms with van der Waals surface area (Å²) in [6.07, 6.45) is 2.75. The van der Waals surface area contributed by atoms with Gasteiger partial charge in [-0.3, -0.25) is 4.68 Å². The molecule has 0 aliphatic carbocycles. The SMILES string of the molecule is Cc1c(CCNc2ccc(C#N)nn2)cnn1C. The zero-order chi connectivity index (χ0) is 13.0. The number of nitriles is 1. The molecule has 0 spiro atoms. The van der Waals surface area contributed by atoms with Gasteiger partial charge in [0.1, 0.15) is 11.9 Å². The van der Waals surface area contributed by atoms with Crippen molar-refractivity contribution in [2.75, 3.05) is 11.9 Å². The van der Waals surface area contributed by atoms with Gasteiger partial charge in [0.05, 0.1) is 6.20 Å². The molecule has 2 rings (SSSR count). The lowest BCUT2D eigenvalue weighted by Gasteiger charge is -2.04. The number of nitrogens with one attached hydrogen (secondary N) is 1. The van der Waals surface area contributed by atoms with Gasteiger partial charge in [-0.1, -0.05) is 0 Å². The van der Waals surface area contributed by atoms with Crippen molar-refractivity contribution in [3.63, 3.8) is 0 Å². The monoisotopic (exact) mass is 242 g/mol. The lowest BCUT2D eigenvalue weighted by molar-refractivity contribution is 0.737. The third-order valence-corrected chi connectivity index (χ3v) is 2.82. The first-order valence-corrected chi connectivity index (χ1v) is 5.66. The second-order valence-corrected chi connectivity index (χ2v) is 3.97. The Labute approximate surface area is 105 Å². The van der Waals surface area contributed by atoms with Crippen LogP contribution in [0.15, 0.2) is 18.3 Å². The summed E-state index contributed by atoms with van der Waals surface area (Å²) in [5.41, 5.74) is 2.71. The van der Waals surface area contributed by atoms with Gasteiger partial charge in [-0.2, -0.15) is 10.4 Å². The van der Waals surface area contributed by atoms with Crippen molar-refractivity contribution in [2.45, 2.75) is 13.3 Å². The molecule has 0 aromatic carbocycles. The second-order valence-electron chi connectivity index (χ2n) is 3.97. The van der Waals surface area contributed by atoms with Crippen molar-refractivity contribution in [2.24, 2.45) is 7.05 Å². The lowest BCUT2D eigenvalue weighted by Crippen LogP contribution is -2.07. The van der Waals surface area contributed by atoms with Crippen molar-refractivity contribution in [1.82, 2.24) is 20.0 Å². The molecular formula is C12H14N6. The van der Waals surface area contributed by atoms with Crippen LogP contribution in [0, 0.1) is 18.3 Å². The normalized spacial score (nSPS) is 10.1. The highest BCUT2D eigenvalue weighted by Gasteiger charge is 2.03. The molecule has 0 atom stereocenters. The molecule has 92 valence electrons. The van der Waals surface area contributed by atoms with Gasteiger partial charge < -0.3 is 5.32 Å². The van der Waals surface area contributed by atoms with Gasteiger partial charge in [-0.25, -0.2) is 0 Å². The summed E-state index contributed by atoms with van der Waals surface area (Å²) >= 11 is 0. The molecule has 0 saturated heterocycles. The van der Waals surface area contributed by atoms with E-state index in [1.165, 1.54) is 11.3 Å². The maximum Gasteiger partial charge on any atom is 0.163 e. The predicted octanol–water partition coefficient (Wildman–Crippen LogP) is 1.04. The van der Waals surface area contributed by atoms with Crippen LogP contribution in [0.4, 0.5) is 5.82 Å². The lowest BCUT2D eigenvalue weighted by atomic mass is 10.2. The van der Waals surface area contributed by atoms with Crippen LogP contribution in [-0.2, 0) is 13.5 Å². The standard InChI is InChI=1S/C12H14N6/c1-9-10(8-15-18(9)2)5-6-14-12-4-3-11(7-13)16-17-12/h3-4,8H,5-6H2,1-2H3,(H,14,17). The molecule has 2 aromatic rings. The number of hydrogen-bond donors (Lipinski definition) is 1. The van der Waals surface area contributed by atoms with Crippen molar-refractivity contribution >= 4 is 5.82 Å². The van der Waals surface area contributed by atoms with E-state index in [0.717, 1.165) is 13.0 Å². The van der Waals surface area contributed by atoms with Crippen LogP contribution in [0.1, 0.15) is 17.0 Å². The maximum absolute atomic E-state index is 8.60. The van der Waals surface area contributed by atoms with E-state index in [4.69, 9.17) is 5.26 Å². The molecule has 0 aliphatic rings. The number of aromatic nitrogens is 4. The highest BCUT2D eigenvalue weighted by atomic mass is 15.3. The van der Waals surface area contributed by atoms with Crippen LogP contribution < -0.4 is 5.32 Å². The Kier molecular flexibility index (Phi) is 3.53. The molecule has 2 aromatic heterocycles. The van der Waals surface area contributed by atoms with Gasteiger partial charge in [0.25, 0.3) is 0 Å². The van der Waals surface area contributed by atoms with E-state index in [2.05, 4.69) is 20.6 Å². The molecule has 0 radical (unpaired) electrons. The van der Waals surface area contributed by atoms with Gasteiger partial charge in [-0.15, -0.1) is 10.2 Å². The van der Waals surface area contributed by atoms with Gasteiger partial charge in [-0.05, 0) is 31.0 Å². The minimum atomic E-state index is 0.323. The average Bonchev–Trinajstić information content (AvgIpc) is 2.71. The molecule has 18 heavy (non-hydrogen) atoms. The van der Waals surface area contributed by atoms with Crippen LogP contribution in [0.25, 0.3) is 0 Å². The van der Waals surface area contributed by atoms with E-state index in [-0.39, 0.29) is 0 Å². The van der Waals surface area contributed by atoms with E-state index < -0.39 is 0 Å². The molecule has 6 heteroatoms. The van der Waals surface area contributed by atoms with Gasteiger partial charge in [0.2, 0.25) is 0 Å². The molecule has 1 N–H and O–H groups in total. The predicted molar refractivity (Wildman–Crippen MR) is 66.9 cm³/mol. The van der Waals surface area contributed by atoms with Crippen molar-refractivity contribution < 1.29 is 0 Å². The van der Waals surface area contributed by atoms with Crippen molar-refractivity contribution in [1.29, 1.82) is 5.26 Å². The Morgan fingerprint density at radius 1 is 1.39 bits per heavy atom. The molecule has 0 unspecified atom stereocenters. The first-order valence-electron chi connectivity index (χ1n) is 5.66. The largest absolute Gasteiger partial charge is 0.368 e. The zero-order valence-corrected chi connectivity index (χ0v) is 10.4. The Bertz CT molecular complexity index is 563. The van der Waals surface area contributed by atoms with Crippen LogP contribution in [0.3, 0.4) is 0 Å². The topological polar surface area (TPSA) is 79.4 Å². The van der Waals surface area contributed by atoms with Gasteiger partial charge >= 0.3 is 0 Å². The quantitative estimate of drug-likeness (QED) is 0.866. The molecule has 0 saturated carbocycles. The Balaban J connectivity index is 1.88. The van der Waals surface area contributed by atoms with Crippen molar-refractivity contribution in [3.8, 4) is 6.07 Å². The smallest absolute Gasteiger partial charge is 0.163 e. The molecule has 2 heterocycles. The fourth-order valence-corrected chi connectivity index (χ4v) is 1.60. The van der Waals surface area contributed by atoms with Crippen LogP contribution in [-0.4, -0.2) is 26.5 Å². The zero-order valence-electron chi connectivity index (χ0n) is 10.4. The van der Waals surface area contributed by atoms with Crippen LogP contribution >= 0.6 is 0 Å². The number of aryl methyl sites for hydroxylation is 1. The maximum atomic E-state index is 8.60. The summed E-state index contributed by atoms with van der Waals surface area (Å²) in [6, 6.07) is 5.33. The fourth-order valence-electron chi connectivity index (χ4n) is 1.60. The molecule has 0 amide bonds. The summed E-state index contributed by atoms with van der Waals surface area (Å²) in [5.74, 6) is 0.676. The van der Waals surface area contributed by atoms with Gasteiger partial charge in [0.15, 0.2) is 5.69 Å². The summed E-state index contributed by atoms with van der Waals surface area (Å²) in [6.45, 7) is 2.80. The molecule has 6 nitrogen and oxygen atoms in total. The van der Waals surface area contributed by atoms with Gasteiger partial charge in [0, 0.05) is 19.3 Å². The van der Waals surface area contributed by atoms with E-state index >= 15 is 0 Å². The Morgan fingerprint density at radius 3 is 2.78 bits per heavy atom. The highest BCUT2D eigenvalue weighted by Crippen LogP contribution is 2.07. The molecular weight excluding hydrogens is 228 g/mol. The summed E-state index contributed by atoms with van der Waals surface area (Å²) < 4.78 is 1.86. The first-order chi connectivity index (χ1) is 8.70. The van der Waals surface area contributed by atoms with E-state index in [1.807, 2.05) is 30.9 Å². The first kappa shape index (κ1) is 12.0. The summed E-state index contributed by atoms with van der Waals surface area (Å²) in [5, 5.41) is 23.6. The van der Waals surface area contributed by atoms with Crippen molar-refractivity contribution in [3.05, 3.63) is 35.3 Å². The summed E-state index contributed by atoms with van der Waals surface area (Å²) in [7, 11) is 1.93. The number of rotatable bonds is 4. The third kappa shape index (κ3) is 2.63. The molecule has 0 bridgehead atoms. The number of nitrogens with zero attached hydrogens (tertiary/aromatic N) is 5. The van der Waals surface area contributed by atoms with E-state index in [1.54, 1.807) is 12.1 Å². The van der Waals surface area contributed by atoms with E-state index in [0.29, 0.717) is 11.5 Å². The Hall–Kier alpha value is -2.42. The third-order valence-electron chi connectivity index (χ3n) is 2.82. The fraction of sp³-hybridized carbons (Fsp3) is 0.333. The average molecular weight is 242 g/mol. The Morgan fingerprint density at radius 2 is 2.22 bits per heavy atom. The molecule has 0 fully saturated rings. The highest BCUT2D eigenvalue weighted by molar-refractivity contribution is 5.35. The van der Waals surface area contributed by atoms with Crippen LogP contribution in [0.5, 0.6) is 0 Å². The van der Waals surface area contributed by atoms with E-state index in [9.17, 15) is 0 Å². The minimum absolute atomic E-state index is 0.323. The molecule has 0 aliphatic heterocycles. The minimum Gasteiger partial charge on any atom is -0.368 e. The number of hydrogen-bond acceptors (Lipinski definition) is 5. The summed E-state index contributed by atoms with van der Waals surface area (Å²) in [4.78, 5) is 0.